The zero-order valence-corrected chi connectivity index (χ0v) is 27.0. The van der Waals surface area contributed by atoms with Crippen LogP contribution in [0.2, 0.25) is 0 Å². The molecule has 0 radical (unpaired) electrons. The van der Waals surface area contributed by atoms with Crippen LogP contribution in [0.1, 0.15) is 43.2 Å². The van der Waals surface area contributed by atoms with Crippen molar-refractivity contribution < 1.29 is 24.5 Å². The molecule has 49 heavy (non-hydrogen) atoms. The summed E-state index contributed by atoms with van der Waals surface area (Å²) in [5, 5.41) is 41.0. The highest BCUT2D eigenvalue weighted by atomic mass is 16.6. The van der Waals surface area contributed by atoms with Crippen LogP contribution in [0.4, 0.5) is 17.1 Å². The maximum absolute atomic E-state index is 12.5. The Morgan fingerprint density at radius 3 is 2.22 bits per heavy atom. The van der Waals surface area contributed by atoms with Gasteiger partial charge in [-0.2, -0.15) is 0 Å². The van der Waals surface area contributed by atoms with Crippen molar-refractivity contribution in [3.63, 3.8) is 0 Å². The van der Waals surface area contributed by atoms with E-state index in [2.05, 4.69) is 54.6 Å². The van der Waals surface area contributed by atoms with Gasteiger partial charge in [-0.05, 0) is 81.6 Å². The lowest BCUT2D eigenvalue weighted by atomic mass is 9.90. The van der Waals surface area contributed by atoms with Crippen molar-refractivity contribution in [1.29, 1.82) is 0 Å². The normalized spacial score (nSPS) is 12.0. The third kappa shape index (κ3) is 7.76. The van der Waals surface area contributed by atoms with Gasteiger partial charge in [0.1, 0.15) is 12.3 Å². The van der Waals surface area contributed by atoms with E-state index < -0.39 is 16.0 Å². The van der Waals surface area contributed by atoms with Crippen LogP contribution in [-0.2, 0) is 22.5 Å². The molecule has 0 aliphatic rings. The van der Waals surface area contributed by atoms with E-state index in [4.69, 9.17) is 4.74 Å². The molecule has 0 aliphatic carbocycles. The number of esters is 1. The van der Waals surface area contributed by atoms with Crippen molar-refractivity contribution in [2.75, 3.05) is 18.1 Å². The van der Waals surface area contributed by atoms with Gasteiger partial charge < -0.3 is 14.7 Å². The number of hydrogen-bond donors (Lipinski definition) is 1. The van der Waals surface area contributed by atoms with Crippen LogP contribution in [0.5, 0.6) is 0 Å². The molecule has 0 spiro atoms. The number of non-ortho nitro benzene ring substituents is 1. The predicted molar refractivity (Wildman–Crippen MR) is 191 cm³/mol. The molecular formula is C39H37N3O7. The third-order valence-electron chi connectivity index (χ3n) is 9.02. The molecule has 10 heteroatoms. The standard InChI is InChI=1S/C39H37N3O7/c43-33(13-4-5-23-40(25-27-8-2-1-3-9-27)35-22-20-32(41(45)46)24-36(35)42(47)48)26-49-37(44)14-7-10-28-15-16-31-18-17-29-11-6-12-30-19-21-34(28)39(31)38(29)30/h1-3,6,8-9,11-12,15-22,24,33,43H,4-5,7,10,13-14,23,25-26H2. The first-order chi connectivity index (χ1) is 23.8. The van der Waals surface area contributed by atoms with E-state index in [-0.39, 0.29) is 36.1 Å². The van der Waals surface area contributed by atoms with Crippen LogP contribution in [0.25, 0.3) is 32.3 Å². The Balaban J connectivity index is 0.985. The van der Waals surface area contributed by atoms with Crippen molar-refractivity contribution in [3.05, 3.63) is 134 Å². The molecule has 6 rings (SSSR count). The lowest BCUT2D eigenvalue weighted by Crippen LogP contribution is -2.25. The molecule has 0 heterocycles. The minimum absolute atomic E-state index is 0.0981. The Morgan fingerprint density at radius 2 is 1.49 bits per heavy atom. The van der Waals surface area contributed by atoms with Gasteiger partial charge in [0, 0.05) is 25.6 Å². The van der Waals surface area contributed by atoms with Gasteiger partial charge >= 0.3 is 5.97 Å². The number of anilines is 1. The third-order valence-corrected chi connectivity index (χ3v) is 9.02. The predicted octanol–water partition coefficient (Wildman–Crippen LogP) is 8.50. The van der Waals surface area contributed by atoms with Crippen LogP contribution < -0.4 is 4.90 Å². The molecule has 0 saturated carbocycles. The topological polar surface area (TPSA) is 136 Å². The number of benzene rings is 6. The van der Waals surface area contributed by atoms with E-state index in [9.17, 15) is 30.1 Å². The summed E-state index contributed by atoms with van der Waals surface area (Å²) >= 11 is 0. The first-order valence-electron chi connectivity index (χ1n) is 16.5. The van der Waals surface area contributed by atoms with Crippen molar-refractivity contribution in [2.45, 2.75) is 51.2 Å². The number of carbonyl (C=O) groups is 1. The molecule has 0 fully saturated rings. The number of unbranched alkanes of at least 4 members (excludes halogenated alkanes) is 1. The summed E-state index contributed by atoms with van der Waals surface area (Å²) in [7, 11) is 0. The monoisotopic (exact) mass is 659 g/mol. The summed E-state index contributed by atoms with van der Waals surface area (Å²) in [6, 6.07) is 32.4. The van der Waals surface area contributed by atoms with E-state index >= 15 is 0 Å². The average Bonchev–Trinajstić information content (AvgIpc) is 3.11. The Morgan fingerprint density at radius 1 is 0.776 bits per heavy atom. The largest absolute Gasteiger partial charge is 0.463 e. The second-order valence-corrected chi connectivity index (χ2v) is 12.4. The van der Waals surface area contributed by atoms with Gasteiger partial charge in [0.05, 0.1) is 22.0 Å². The molecule has 250 valence electrons. The zero-order valence-electron chi connectivity index (χ0n) is 27.0. The van der Waals surface area contributed by atoms with Crippen molar-refractivity contribution in [2.24, 2.45) is 0 Å². The average molecular weight is 660 g/mol. The van der Waals surface area contributed by atoms with Crippen LogP contribution in [-0.4, -0.2) is 40.2 Å². The van der Waals surface area contributed by atoms with Crippen LogP contribution in [0.15, 0.2) is 103 Å². The number of nitro groups is 2. The minimum Gasteiger partial charge on any atom is -0.463 e. The molecular weight excluding hydrogens is 622 g/mol. The van der Waals surface area contributed by atoms with Gasteiger partial charge in [-0.15, -0.1) is 0 Å². The Hall–Kier alpha value is -5.61. The molecule has 0 aliphatic heterocycles. The summed E-state index contributed by atoms with van der Waals surface area (Å²) in [6.45, 7) is 0.691. The van der Waals surface area contributed by atoms with Gasteiger partial charge in [-0.3, -0.25) is 25.0 Å². The summed E-state index contributed by atoms with van der Waals surface area (Å²) < 4.78 is 5.39. The van der Waals surface area contributed by atoms with E-state index in [0.717, 1.165) is 18.1 Å². The van der Waals surface area contributed by atoms with E-state index in [0.29, 0.717) is 38.8 Å². The molecule has 10 nitrogen and oxygen atoms in total. The quantitative estimate of drug-likeness (QED) is 0.0359. The van der Waals surface area contributed by atoms with Gasteiger partial charge in [-0.1, -0.05) is 84.9 Å². The molecule has 0 bridgehead atoms. The number of nitrogens with zero attached hydrogens (tertiary/aromatic N) is 3. The highest BCUT2D eigenvalue weighted by molar-refractivity contribution is 6.23. The first kappa shape index (κ1) is 33.3. The van der Waals surface area contributed by atoms with E-state index in [1.54, 1.807) is 0 Å². The molecule has 0 saturated heterocycles. The highest BCUT2D eigenvalue weighted by Gasteiger charge is 2.24. The van der Waals surface area contributed by atoms with E-state index in [1.807, 2.05) is 35.2 Å². The number of carbonyl (C=O) groups excluding carboxylic acids is 1. The second kappa shape index (κ2) is 15.1. The molecule has 0 amide bonds. The maximum atomic E-state index is 12.5. The summed E-state index contributed by atoms with van der Waals surface area (Å²) in [4.78, 5) is 36.2. The zero-order chi connectivity index (χ0) is 34.3. The molecule has 0 aromatic heterocycles. The van der Waals surface area contributed by atoms with Crippen molar-refractivity contribution in [1.82, 2.24) is 0 Å². The first-order valence-corrected chi connectivity index (χ1v) is 16.5. The van der Waals surface area contributed by atoms with E-state index in [1.165, 1.54) is 50.0 Å². The lowest BCUT2D eigenvalue weighted by Gasteiger charge is -2.25. The van der Waals surface area contributed by atoms with Gasteiger partial charge in [-0.25, -0.2) is 0 Å². The number of rotatable bonds is 16. The number of ether oxygens (including phenoxy) is 1. The van der Waals surface area contributed by atoms with Crippen molar-refractivity contribution in [3.8, 4) is 0 Å². The highest BCUT2D eigenvalue weighted by Crippen LogP contribution is 2.36. The number of aryl methyl sites for hydroxylation is 1. The maximum Gasteiger partial charge on any atom is 0.305 e. The Bertz CT molecular complexity index is 2080. The minimum atomic E-state index is -0.835. The van der Waals surface area contributed by atoms with Crippen LogP contribution in [0.3, 0.4) is 0 Å². The van der Waals surface area contributed by atoms with Gasteiger partial charge in [0.25, 0.3) is 11.4 Å². The molecule has 6 aromatic rings. The summed E-state index contributed by atoms with van der Waals surface area (Å²) in [5.74, 6) is -0.351. The second-order valence-electron chi connectivity index (χ2n) is 12.4. The fourth-order valence-electron chi connectivity index (χ4n) is 6.59. The number of hydrogen-bond acceptors (Lipinski definition) is 8. The van der Waals surface area contributed by atoms with Crippen molar-refractivity contribution >= 4 is 55.3 Å². The smallest absolute Gasteiger partial charge is 0.305 e. The number of aliphatic hydroxyl groups is 1. The fraction of sp³-hybridized carbons (Fsp3) is 0.256. The molecule has 1 unspecified atom stereocenters. The Kier molecular flexibility index (Phi) is 10.2. The Labute approximate surface area is 283 Å². The fourth-order valence-corrected chi connectivity index (χ4v) is 6.59. The van der Waals surface area contributed by atoms with Gasteiger partial charge in [0.15, 0.2) is 0 Å². The summed E-state index contributed by atoms with van der Waals surface area (Å²) in [5.41, 5.74) is 1.73. The number of aliphatic hydroxyl groups excluding tert-OH is 1. The molecule has 1 atom stereocenters. The molecule has 6 aromatic carbocycles. The SMILES string of the molecule is O=C(CCCc1ccc2ccc3cccc4ccc1c2c34)OCC(O)CCCCN(Cc1ccccc1)c1ccc([N+](=O)[O-])cc1[N+](=O)[O-]. The number of nitro benzene ring substituents is 2. The van der Waals surface area contributed by atoms with Crippen LogP contribution in [0, 0.1) is 20.2 Å². The summed E-state index contributed by atoms with van der Waals surface area (Å²) in [6.07, 6.45) is 2.33. The lowest BCUT2D eigenvalue weighted by molar-refractivity contribution is -0.393. The van der Waals surface area contributed by atoms with Gasteiger partial charge in [0.2, 0.25) is 0 Å². The molecule has 1 N–H and O–H groups in total. The van der Waals surface area contributed by atoms with Crippen LogP contribution >= 0.6 is 0 Å².